The molecule has 23 heavy (non-hydrogen) atoms. The number of halogens is 1. The van der Waals surface area contributed by atoms with Crippen LogP contribution < -0.4 is 4.74 Å². The Hall–Kier alpha value is -1.80. The number of unbranched alkanes of at least 4 members (excludes halogenated alkanes) is 3. The van der Waals surface area contributed by atoms with E-state index < -0.39 is 0 Å². The third kappa shape index (κ3) is 5.40. The van der Waals surface area contributed by atoms with E-state index >= 15 is 0 Å². The Balaban J connectivity index is 1.92. The first-order chi connectivity index (χ1) is 11.2. The predicted octanol–water partition coefficient (Wildman–Crippen LogP) is 5.73. The summed E-state index contributed by atoms with van der Waals surface area (Å²) in [4.78, 5) is 11.5. The molecule has 122 valence electrons. The number of carbonyl (C=O) groups excluding carboxylic acids is 1. The van der Waals surface area contributed by atoms with Crippen LogP contribution in [0.4, 0.5) is 0 Å². The highest BCUT2D eigenvalue weighted by Crippen LogP contribution is 2.23. The smallest absolute Gasteiger partial charge is 0.177 e. The van der Waals surface area contributed by atoms with Gasteiger partial charge in [0.15, 0.2) is 5.78 Å². The van der Waals surface area contributed by atoms with Gasteiger partial charge in [-0.3, -0.25) is 4.79 Å². The zero-order chi connectivity index (χ0) is 16.5. The van der Waals surface area contributed by atoms with E-state index in [2.05, 4.69) is 6.92 Å². The van der Waals surface area contributed by atoms with Crippen molar-refractivity contribution in [1.82, 2.24) is 0 Å². The number of benzene rings is 2. The maximum Gasteiger partial charge on any atom is 0.177 e. The van der Waals surface area contributed by atoms with Crippen LogP contribution in [0, 0.1) is 0 Å². The fraction of sp³-hybridized carbons (Fsp3) is 0.350. The first-order valence-electron chi connectivity index (χ1n) is 8.17. The van der Waals surface area contributed by atoms with Crippen molar-refractivity contribution in [1.29, 1.82) is 0 Å². The molecule has 0 bridgehead atoms. The van der Waals surface area contributed by atoms with Crippen LogP contribution in [-0.4, -0.2) is 18.3 Å². The Morgan fingerprint density at radius 2 is 1.52 bits per heavy atom. The van der Waals surface area contributed by atoms with E-state index in [-0.39, 0.29) is 11.7 Å². The number of alkyl halides is 1. The molecule has 0 amide bonds. The third-order valence-corrected chi connectivity index (χ3v) is 4.03. The van der Waals surface area contributed by atoms with Gasteiger partial charge in [-0.1, -0.05) is 62.6 Å². The fourth-order valence-electron chi connectivity index (χ4n) is 2.39. The second kappa shape index (κ2) is 9.36. The van der Waals surface area contributed by atoms with Gasteiger partial charge in [-0.05, 0) is 29.7 Å². The van der Waals surface area contributed by atoms with Gasteiger partial charge in [0.2, 0.25) is 0 Å². The van der Waals surface area contributed by atoms with Crippen molar-refractivity contribution in [2.24, 2.45) is 0 Å². The highest BCUT2D eigenvalue weighted by atomic mass is 35.5. The Morgan fingerprint density at radius 1 is 0.913 bits per heavy atom. The van der Waals surface area contributed by atoms with E-state index in [9.17, 15) is 4.79 Å². The molecule has 0 unspecified atom stereocenters. The molecule has 2 rings (SSSR count). The number of hydrogen-bond donors (Lipinski definition) is 0. The van der Waals surface area contributed by atoms with Crippen LogP contribution in [0.5, 0.6) is 5.75 Å². The van der Waals surface area contributed by atoms with Crippen LogP contribution in [0.3, 0.4) is 0 Å². The Kier molecular flexibility index (Phi) is 7.15. The second-order valence-electron chi connectivity index (χ2n) is 5.57. The van der Waals surface area contributed by atoms with Gasteiger partial charge in [-0.15, -0.1) is 11.6 Å². The normalized spacial score (nSPS) is 10.5. The number of Topliss-reactive ketones (excluding diaryl/α,β-unsaturated/α-hetero) is 1. The molecule has 0 N–H and O–H groups in total. The van der Waals surface area contributed by atoms with E-state index in [1.165, 1.54) is 19.3 Å². The zero-order valence-electron chi connectivity index (χ0n) is 13.6. The summed E-state index contributed by atoms with van der Waals surface area (Å²) < 4.78 is 5.75. The molecule has 0 radical (unpaired) electrons. The topological polar surface area (TPSA) is 26.3 Å². The fourth-order valence-corrected chi connectivity index (χ4v) is 2.54. The van der Waals surface area contributed by atoms with Crippen molar-refractivity contribution >= 4 is 17.4 Å². The molecule has 0 aliphatic rings. The lowest BCUT2D eigenvalue weighted by Crippen LogP contribution is -1.99. The van der Waals surface area contributed by atoms with Gasteiger partial charge in [0.25, 0.3) is 0 Å². The molecule has 0 saturated carbocycles. The highest BCUT2D eigenvalue weighted by Gasteiger charge is 2.04. The van der Waals surface area contributed by atoms with Crippen molar-refractivity contribution in [2.45, 2.75) is 32.6 Å². The van der Waals surface area contributed by atoms with Crippen molar-refractivity contribution in [2.75, 3.05) is 12.5 Å². The van der Waals surface area contributed by atoms with Crippen molar-refractivity contribution in [3.63, 3.8) is 0 Å². The summed E-state index contributed by atoms with van der Waals surface area (Å²) >= 11 is 5.57. The van der Waals surface area contributed by atoms with Gasteiger partial charge in [0.1, 0.15) is 5.75 Å². The maximum atomic E-state index is 11.5. The molecule has 0 aromatic heterocycles. The molecule has 2 nitrogen and oxygen atoms in total. The van der Waals surface area contributed by atoms with E-state index in [0.29, 0.717) is 5.56 Å². The number of ether oxygens (including phenoxy) is 1. The first-order valence-corrected chi connectivity index (χ1v) is 8.70. The van der Waals surface area contributed by atoms with Crippen LogP contribution in [0.25, 0.3) is 11.1 Å². The standard InChI is InChI=1S/C20H23ClO2/c1-2-3-4-5-14-23-19-12-10-17(11-13-19)16-6-8-18(9-7-16)20(22)15-21/h6-13H,2-5,14-15H2,1H3. The molecule has 2 aromatic rings. The summed E-state index contributed by atoms with van der Waals surface area (Å²) in [5, 5.41) is 0. The quantitative estimate of drug-likeness (QED) is 0.333. The largest absolute Gasteiger partial charge is 0.494 e. The Labute approximate surface area is 143 Å². The summed E-state index contributed by atoms with van der Waals surface area (Å²) in [5.74, 6) is 0.869. The summed E-state index contributed by atoms with van der Waals surface area (Å²) in [6.07, 6.45) is 4.84. The lowest BCUT2D eigenvalue weighted by molar-refractivity contribution is 0.102. The number of hydrogen-bond acceptors (Lipinski definition) is 2. The highest BCUT2D eigenvalue weighted by molar-refractivity contribution is 6.30. The molecule has 3 heteroatoms. The van der Waals surface area contributed by atoms with Crippen LogP contribution >= 0.6 is 11.6 Å². The van der Waals surface area contributed by atoms with Crippen LogP contribution in [0.1, 0.15) is 43.0 Å². The van der Waals surface area contributed by atoms with Gasteiger partial charge in [-0.25, -0.2) is 0 Å². The molecular formula is C20H23ClO2. The zero-order valence-corrected chi connectivity index (χ0v) is 14.3. The molecular weight excluding hydrogens is 308 g/mol. The summed E-state index contributed by atoms with van der Waals surface area (Å²) in [7, 11) is 0. The second-order valence-corrected chi connectivity index (χ2v) is 5.83. The Bertz CT molecular complexity index is 603. The molecule has 0 saturated heterocycles. The number of carbonyl (C=O) groups is 1. The van der Waals surface area contributed by atoms with Gasteiger partial charge in [0.05, 0.1) is 12.5 Å². The van der Waals surface area contributed by atoms with Gasteiger partial charge in [-0.2, -0.15) is 0 Å². The summed E-state index contributed by atoms with van der Waals surface area (Å²) in [5.41, 5.74) is 2.83. The first kappa shape index (κ1) is 17.6. The van der Waals surface area contributed by atoms with Crippen LogP contribution in [0.2, 0.25) is 0 Å². The molecule has 2 aromatic carbocycles. The molecule has 0 atom stereocenters. The minimum absolute atomic E-state index is 0.0175. The predicted molar refractivity (Wildman–Crippen MR) is 96.6 cm³/mol. The van der Waals surface area contributed by atoms with Crippen LogP contribution in [-0.2, 0) is 0 Å². The monoisotopic (exact) mass is 330 g/mol. The minimum atomic E-state index is -0.0509. The summed E-state index contributed by atoms with van der Waals surface area (Å²) in [6, 6.07) is 15.6. The lowest BCUT2D eigenvalue weighted by atomic mass is 10.0. The average Bonchev–Trinajstić information content (AvgIpc) is 2.61. The third-order valence-electron chi connectivity index (χ3n) is 3.78. The molecule has 0 heterocycles. The molecule has 0 spiro atoms. The van der Waals surface area contributed by atoms with E-state index in [1.807, 2.05) is 48.5 Å². The van der Waals surface area contributed by atoms with Gasteiger partial charge < -0.3 is 4.74 Å². The number of rotatable bonds is 9. The van der Waals surface area contributed by atoms with Crippen molar-refractivity contribution in [3.8, 4) is 16.9 Å². The van der Waals surface area contributed by atoms with Crippen LogP contribution in [0.15, 0.2) is 48.5 Å². The van der Waals surface area contributed by atoms with E-state index in [1.54, 1.807) is 0 Å². The van der Waals surface area contributed by atoms with Gasteiger partial charge in [0, 0.05) is 5.56 Å². The molecule has 0 aliphatic carbocycles. The van der Waals surface area contributed by atoms with E-state index in [4.69, 9.17) is 16.3 Å². The number of ketones is 1. The van der Waals surface area contributed by atoms with Crippen molar-refractivity contribution < 1.29 is 9.53 Å². The molecule has 0 fully saturated rings. The SMILES string of the molecule is CCCCCCOc1ccc(-c2ccc(C(=O)CCl)cc2)cc1. The van der Waals surface area contributed by atoms with E-state index in [0.717, 1.165) is 29.9 Å². The Morgan fingerprint density at radius 3 is 2.09 bits per heavy atom. The van der Waals surface area contributed by atoms with Gasteiger partial charge >= 0.3 is 0 Å². The molecule has 0 aliphatic heterocycles. The average molecular weight is 331 g/mol. The lowest BCUT2D eigenvalue weighted by Gasteiger charge is -2.08. The minimum Gasteiger partial charge on any atom is -0.494 e. The van der Waals surface area contributed by atoms with Crippen molar-refractivity contribution in [3.05, 3.63) is 54.1 Å². The summed E-state index contributed by atoms with van der Waals surface area (Å²) in [6.45, 7) is 2.98. The maximum absolute atomic E-state index is 11.5.